The van der Waals surface area contributed by atoms with E-state index in [0.29, 0.717) is 0 Å². The van der Waals surface area contributed by atoms with Gasteiger partial charge in [-0.3, -0.25) is 0 Å². The lowest BCUT2D eigenvalue weighted by molar-refractivity contribution is 0.489. The van der Waals surface area contributed by atoms with E-state index in [1.807, 2.05) is 19.1 Å². The molecule has 2 nitrogen and oxygen atoms in total. The zero-order valence-electron chi connectivity index (χ0n) is 9.49. The number of allylic oxidation sites excluding steroid dienone is 2. The highest BCUT2D eigenvalue weighted by atomic mass is 16.3. The highest BCUT2D eigenvalue weighted by Crippen LogP contribution is 2.01. The average molecular weight is 205 g/mol. The number of furan rings is 1. The second-order valence-corrected chi connectivity index (χ2v) is 3.37. The molecule has 0 fully saturated rings. The molecule has 0 aliphatic heterocycles. The predicted octanol–water partition coefficient (Wildman–Crippen LogP) is 3.28. The molecule has 0 spiro atoms. The van der Waals surface area contributed by atoms with Crippen molar-refractivity contribution in [3.8, 4) is 0 Å². The zero-order valence-corrected chi connectivity index (χ0v) is 9.49. The third kappa shape index (κ3) is 4.66. The third-order valence-corrected chi connectivity index (χ3v) is 2.06. The van der Waals surface area contributed by atoms with Crippen LogP contribution in [0, 0.1) is 0 Å². The molecule has 0 amide bonds. The van der Waals surface area contributed by atoms with E-state index in [1.165, 1.54) is 5.57 Å². The molecule has 0 saturated heterocycles. The smallest absolute Gasteiger partial charge is 0.117 e. The molecule has 0 aromatic carbocycles. The highest BCUT2D eigenvalue weighted by molar-refractivity contribution is 5.19. The Balaban J connectivity index is 2.31. The van der Waals surface area contributed by atoms with Crippen molar-refractivity contribution in [3.05, 3.63) is 48.0 Å². The van der Waals surface area contributed by atoms with Crippen molar-refractivity contribution in [2.45, 2.75) is 26.8 Å². The predicted molar refractivity (Wildman–Crippen MR) is 63.6 cm³/mol. The minimum absolute atomic E-state index is 0.783. The van der Waals surface area contributed by atoms with Crippen molar-refractivity contribution in [2.75, 3.05) is 6.54 Å². The quantitative estimate of drug-likeness (QED) is 0.721. The van der Waals surface area contributed by atoms with Crippen LogP contribution in [0.4, 0.5) is 0 Å². The Labute approximate surface area is 91.7 Å². The first-order chi connectivity index (χ1) is 7.36. The lowest BCUT2D eigenvalue weighted by atomic mass is 10.2. The van der Waals surface area contributed by atoms with Crippen molar-refractivity contribution in [3.63, 3.8) is 0 Å². The van der Waals surface area contributed by atoms with E-state index in [1.54, 1.807) is 6.26 Å². The molecule has 1 rings (SSSR count). The maximum absolute atomic E-state index is 5.24. The largest absolute Gasteiger partial charge is 0.468 e. The van der Waals surface area contributed by atoms with E-state index < -0.39 is 0 Å². The van der Waals surface area contributed by atoms with E-state index in [2.05, 4.69) is 30.5 Å². The van der Waals surface area contributed by atoms with Gasteiger partial charge in [0.15, 0.2) is 0 Å². The topological polar surface area (TPSA) is 25.2 Å². The first kappa shape index (κ1) is 11.8. The van der Waals surface area contributed by atoms with E-state index in [9.17, 15) is 0 Å². The van der Waals surface area contributed by atoms with Crippen LogP contribution in [-0.4, -0.2) is 6.54 Å². The van der Waals surface area contributed by atoms with Crippen molar-refractivity contribution in [1.82, 2.24) is 5.32 Å². The number of rotatable bonds is 6. The van der Waals surface area contributed by atoms with Gasteiger partial charge < -0.3 is 9.73 Å². The molecule has 1 aromatic heterocycles. The molecule has 1 N–H and O–H groups in total. The van der Waals surface area contributed by atoms with Crippen molar-refractivity contribution < 1.29 is 4.42 Å². The minimum atomic E-state index is 0.783. The van der Waals surface area contributed by atoms with Gasteiger partial charge in [-0.15, -0.1) is 0 Å². The summed E-state index contributed by atoms with van der Waals surface area (Å²) in [5.74, 6) is 0.978. The summed E-state index contributed by atoms with van der Waals surface area (Å²) in [5.41, 5.74) is 1.33. The lowest BCUT2D eigenvalue weighted by Crippen LogP contribution is -2.15. The fraction of sp³-hybridized carbons (Fsp3) is 0.385. The maximum Gasteiger partial charge on any atom is 0.117 e. The second-order valence-electron chi connectivity index (χ2n) is 3.37. The van der Waals surface area contributed by atoms with Crippen LogP contribution in [-0.2, 0) is 6.54 Å². The van der Waals surface area contributed by atoms with E-state index in [0.717, 1.165) is 25.3 Å². The van der Waals surface area contributed by atoms with Crippen molar-refractivity contribution in [1.29, 1.82) is 0 Å². The summed E-state index contributed by atoms with van der Waals surface area (Å²) in [7, 11) is 0. The minimum Gasteiger partial charge on any atom is -0.468 e. The van der Waals surface area contributed by atoms with Gasteiger partial charge in [0.05, 0.1) is 12.8 Å². The molecule has 15 heavy (non-hydrogen) atoms. The summed E-state index contributed by atoms with van der Waals surface area (Å²) < 4.78 is 5.24. The standard InChI is InChI=1S/C13H19NO/c1-3-6-12(7-4-2)10-14-11-13-8-5-9-15-13/h3,5-9,14H,4,10-11H2,1-2H3/b6-3-,12-7+. The van der Waals surface area contributed by atoms with E-state index >= 15 is 0 Å². The van der Waals surface area contributed by atoms with E-state index in [4.69, 9.17) is 4.42 Å². The van der Waals surface area contributed by atoms with Gasteiger partial charge in [-0.2, -0.15) is 0 Å². The summed E-state index contributed by atoms with van der Waals surface area (Å²) in [6, 6.07) is 3.89. The van der Waals surface area contributed by atoms with Crippen LogP contribution in [0.3, 0.4) is 0 Å². The molecule has 0 radical (unpaired) electrons. The van der Waals surface area contributed by atoms with Crippen LogP contribution in [0.15, 0.2) is 46.6 Å². The Morgan fingerprint density at radius 3 is 3.00 bits per heavy atom. The summed E-state index contributed by atoms with van der Waals surface area (Å²) in [6.45, 7) is 5.86. The summed E-state index contributed by atoms with van der Waals surface area (Å²) in [4.78, 5) is 0. The lowest BCUT2D eigenvalue weighted by Gasteiger charge is -2.03. The Morgan fingerprint density at radius 2 is 2.40 bits per heavy atom. The van der Waals surface area contributed by atoms with Crippen LogP contribution in [0.2, 0.25) is 0 Å². The maximum atomic E-state index is 5.24. The molecule has 0 aliphatic rings. The van der Waals surface area contributed by atoms with Crippen LogP contribution >= 0.6 is 0 Å². The first-order valence-corrected chi connectivity index (χ1v) is 5.41. The normalized spacial score (nSPS) is 12.5. The summed E-state index contributed by atoms with van der Waals surface area (Å²) in [5, 5.41) is 3.34. The molecule has 0 aliphatic carbocycles. The fourth-order valence-corrected chi connectivity index (χ4v) is 1.42. The van der Waals surface area contributed by atoms with Gasteiger partial charge in [0.25, 0.3) is 0 Å². The van der Waals surface area contributed by atoms with Crippen LogP contribution in [0.1, 0.15) is 26.0 Å². The first-order valence-electron chi connectivity index (χ1n) is 5.41. The Hall–Kier alpha value is -1.28. The zero-order chi connectivity index (χ0) is 10.9. The number of hydrogen-bond donors (Lipinski definition) is 1. The van der Waals surface area contributed by atoms with Crippen LogP contribution < -0.4 is 5.32 Å². The molecular formula is C13H19NO. The van der Waals surface area contributed by atoms with Gasteiger partial charge in [0.1, 0.15) is 5.76 Å². The molecule has 1 aromatic rings. The summed E-state index contributed by atoms with van der Waals surface area (Å²) >= 11 is 0. The van der Waals surface area contributed by atoms with Crippen LogP contribution in [0.5, 0.6) is 0 Å². The Bertz CT molecular complexity index is 309. The molecule has 0 unspecified atom stereocenters. The molecule has 0 saturated carbocycles. The van der Waals surface area contributed by atoms with Gasteiger partial charge >= 0.3 is 0 Å². The third-order valence-electron chi connectivity index (χ3n) is 2.06. The Kier molecular flexibility index (Phi) is 5.56. The summed E-state index contributed by atoms with van der Waals surface area (Å²) in [6.07, 6.45) is 9.21. The van der Waals surface area contributed by atoms with E-state index in [-0.39, 0.29) is 0 Å². The fourth-order valence-electron chi connectivity index (χ4n) is 1.42. The van der Waals surface area contributed by atoms with Gasteiger partial charge in [-0.25, -0.2) is 0 Å². The molecule has 82 valence electrons. The number of hydrogen-bond acceptors (Lipinski definition) is 2. The van der Waals surface area contributed by atoms with Gasteiger partial charge in [0, 0.05) is 6.54 Å². The van der Waals surface area contributed by atoms with Gasteiger partial charge in [-0.05, 0) is 31.1 Å². The van der Waals surface area contributed by atoms with Gasteiger partial charge in [-0.1, -0.05) is 25.2 Å². The van der Waals surface area contributed by atoms with Crippen molar-refractivity contribution in [2.24, 2.45) is 0 Å². The number of nitrogens with one attached hydrogen (secondary N) is 1. The SMILES string of the molecule is C/C=C\C(=C/CC)CNCc1ccco1. The molecular weight excluding hydrogens is 186 g/mol. The second kappa shape index (κ2) is 7.07. The molecule has 2 heteroatoms. The Morgan fingerprint density at radius 1 is 1.53 bits per heavy atom. The average Bonchev–Trinajstić information content (AvgIpc) is 2.71. The molecule has 0 bridgehead atoms. The molecule has 0 atom stereocenters. The highest BCUT2D eigenvalue weighted by Gasteiger charge is 1.95. The monoisotopic (exact) mass is 205 g/mol. The van der Waals surface area contributed by atoms with Gasteiger partial charge in [0.2, 0.25) is 0 Å². The van der Waals surface area contributed by atoms with Crippen molar-refractivity contribution >= 4 is 0 Å². The van der Waals surface area contributed by atoms with Crippen LogP contribution in [0.25, 0.3) is 0 Å². The molecule has 1 heterocycles.